The van der Waals surface area contributed by atoms with Crippen LogP contribution >= 0.6 is 0 Å². The van der Waals surface area contributed by atoms with Crippen LogP contribution in [0.5, 0.6) is 0 Å². The molecule has 1 atom stereocenters. The van der Waals surface area contributed by atoms with E-state index in [1.54, 1.807) is 0 Å². The van der Waals surface area contributed by atoms with Gasteiger partial charge in [-0.2, -0.15) is 0 Å². The molecule has 0 radical (unpaired) electrons. The molecule has 0 aliphatic carbocycles. The van der Waals surface area contributed by atoms with E-state index in [2.05, 4.69) is 52.5 Å². The first-order chi connectivity index (χ1) is 12.6. The number of aromatic nitrogens is 2. The zero-order valence-corrected chi connectivity index (χ0v) is 17.7. The molecule has 0 bridgehead atoms. The molecule has 2 saturated heterocycles. The van der Waals surface area contributed by atoms with E-state index in [1.807, 2.05) is 4.90 Å². The number of hydrogen-bond donors (Lipinski definition) is 0. The van der Waals surface area contributed by atoms with Crippen LogP contribution in [0.25, 0.3) is 0 Å². The Hall–Kier alpha value is -1.69. The summed E-state index contributed by atoms with van der Waals surface area (Å²) in [5, 5.41) is 0. The Morgan fingerprint density at radius 2 is 1.70 bits per heavy atom. The molecule has 3 heterocycles. The number of hydrogen-bond acceptors (Lipinski definition) is 5. The van der Waals surface area contributed by atoms with Gasteiger partial charge < -0.3 is 14.5 Å². The highest BCUT2D eigenvalue weighted by Crippen LogP contribution is 2.28. The van der Waals surface area contributed by atoms with Crippen molar-refractivity contribution in [1.82, 2.24) is 14.9 Å². The summed E-state index contributed by atoms with van der Waals surface area (Å²) in [6.45, 7) is 16.7. The van der Waals surface area contributed by atoms with E-state index >= 15 is 0 Å². The van der Waals surface area contributed by atoms with Gasteiger partial charge >= 0.3 is 0 Å². The first-order valence-corrected chi connectivity index (χ1v) is 10.1. The lowest BCUT2D eigenvalue weighted by atomic mass is 9.90. The zero-order chi connectivity index (χ0) is 19.8. The highest BCUT2D eigenvalue weighted by molar-refractivity contribution is 5.81. The molecular weight excluding hydrogens is 340 g/mol. The number of ether oxygens (including phenoxy) is 1. The van der Waals surface area contributed by atoms with Crippen LogP contribution < -0.4 is 4.90 Å². The maximum atomic E-state index is 12.6. The lowest BCUT2D eigenvalue weighted by molar-refractivity contribution is -0.141. The van der Waals surface area contributed by atoms with E-state index < -0.39 is 0 Å². The molecule has 0 saturated carbocycles. The quantitative estimate of drug-likeness (QED) is 0.797. The van der Waals surface area contributed by atoms with Crippen LogP contribution in [0.3, 0.4) is 0 Å². The molecule has 3 rings (SSSR count). The molecule has 27 heavy (non-hydrogen) atoms. The summed E-state index contributed by atoms with van der Waals surface area (Å²) >= 11 is 0. The second kappa shape index (κ2) is 7.38. The smallest absolute Gasteiger partial charge is 0.251 e. The van der Waals surface area contributed by atoms with Gasteiger partial charge in [0, 0.05) is 49.7 Å². The van der Waals surface area contributed by atoms with Crippen LogP contribution in [0, 0.1) is 0 Å². The molecule has 0 aromatic carbocycles. The van der Waals surface area contributed by atoms with Crippen molar-refractivity contribution in [2.75, 3.05) is 37.7 Å². The van der Waals surface area contributed by atoms with Gasteiger partial charge in [-0.25, -0.2) is 9.97 Å². The standard InChI is InChI=1S/C21H34N4O2/c1-20(2,3)16-14-17(23-19(22-16)21(4,5)6)24-9-11-25(12-10-24)18(26)15-8-7-13-27-15/h14-15H,7-13H2,1-6H3. The average molecular weight is 375 g/mol. The average Bonchev–Trinajstić information content (AvgIpc) is 3.14. The molecule has 2 aliphatic rings. The monoisotopic (exact) mass is 374 g/mol. The molecule has 6 nitrogen and oxygen atoms in total. The predicted molar refractivity (Wildman–Crippen MR) is 107 cm³/mol. The van der Waals surface area contributed by atoms with E-state index in [1.165, 1.54) is 0 Å². The van der Waals surface area contributed by atoms with Crippen molar-refractivity contribution in [2.45, 2.75) is 71.3 Å². The molecule has 150 valence electrons. The first kappa shape index (κ1) is 20.1. The predicted octanol–water partition coefficient (Wildman–Crippen LogP) is 2.90. The Bertz CT molecular complexity index is 644. The fourth-order valence-electron chi connectivity index (χ4n) is 3.45. The summed E-state index contributed by atoms with van der Waals surface area (Å²) in [7, 11) is 0. The van der Waals surface area contributed by atoms with Gasteiger partial charge in [0.2, 0.25) is 0 Å². The highest BCUT2D eigenvalue weighted by atomic mass is 16.5. The van der Waals surface area contributed by atoms with Crippen molar-refractivity contribution in [3.05, 3.63) is 17.6 Å². The Morgan fingerprint density at radius 1 is 1.04 bits per heavy atom. The number of amides is 1. The van der Waals surface area contributed by atoms with E-state index in [0.29, 0.717) is 6.61 Å². The lowest BCUT2D eigenvalue weighted by Crippen LogP contribution is -2.51. The first-order valence-electron chi connectivity index (χ1n) is 10.1. The Balaban J connectivity index is 1.76. The normalized spacial score (nSPS) is 21.6. The summed E-state index contributed by atoms with van der Waals surface area (Å²) in [5.41, 5.74) is 0.929. The third-order valence-corrected chi connectivity index (χ3v) is 5.27. The Labute approximate surface area is 163 Å². The summed E-state index contributed by atoms with van der Waals surface area (Å²) in [4.78, 5) is 26.5. The number of piperazine rings is 1. The molecule has 0 spiro atoms. The second-order valence-electron chi connectivity index (χ2n) is 9.75. The maximum absolute atomic E-state index is 12.6. The van der Waals surface area contributed by atoms with E-state index in [4.69, 9.17) is 14.7 Å². The highest BCUT2D eigenvalue weighted by Gasteiger charge is 2.31. The third-order valence-electron chi connectivity index (χ3n) is 5.27. The third kappa shape index (κ3) is 4.60. The van der Waals surface area contributed by atoms with Crippen LogP contribution in [0.4, 0.5) is 5.82 Å². The topological polar surface area (TPSA) is 58.6 Å². The van der Waals surface area contributed by atoms with Gasteiger partial charge in [-0.15, -0.1) is 0 Å². The molecular formula is C21H34N4O2. The van der Waals surface area contributed by atoms with Crippen molar-refractivity contribution in [3.8, 4) is 0 Å². The number of nitrogens with zero attached hydrogens (tertiary/aromatic N) is 4. The summed E-state index contributed by atoms with van der Waals surface area (Å²) in [5.74, 6) is 2.01. The zero-order valence-electron chi connectivity index (χ0n) is 17.7. The minimum atomic E-state index is -0.226. The van der Waals surface area contributed by atoms with Gasteiger partial charge in [0.15, 0.2) is 0 Å². The van der Waals surface area contributed by atoms with Crippen molar-refractivity contribution < 1.29 is 9.53 Å². The molecule has 1 amide bonds. The van der Waals surface area contributed by atoms with Crippen LogP contribution in [0.15, 0.2) is 6.07 Å². The largest absolute Gasteiger partial charge is 0.368 e. The fourth-order valence-corrected chi connectivity index (χ4v) is 3.45. The minimum absolute atomic E-state index is 0.0325. The van der Waals surface area contributed by atoms with Crippen LogP contribution in [-0.4, -0.2) is 59.7 Å². The van der Waals surface area contributed by atoms with Crippen LogP contribution in [-0.2, 0) is 20.4 Å². The number of carbonyl (C=O) groups is 1. The maximum Gasteiger partial charge on any atom is 0.251 e. The lowest BCUT2D eigenvalue weighted by Gasteiger charge is -2.37. The van der Waals surface area contributed by atoms with Gasteiger partial charge in [0.05, 0.1) is 5.69 Å². The molecule has 6 heteroatoms. The molecule has 0 N–H and O–H groups in total. The van der Waals surface area contributed by atoms with E-state index in [9.17, 15) is 4.79 Å². The van der Waals surface area contributed by atoms with Crippen molar-refractivity contribution in [3.63, 3.8) is 0 Å². The van der Waals surface area contributed by atoms with Gasteiger partial charge in [0.1, 0.15) is 17.7 Å². The second-order valence-corrected chi connectivity index (χ2v) is 9.75. The molecule has 1 unspecified atom stereocenters. The number of rotatable bonds is 2. The van der Waals surface area contributed by atoms with Crippen LogP contribution in [0.2, 0.25) is 0 Å². The van der Waals surface area contributed by atoms with Gasteiger partial charge in [0.25, 0.3) is 5.91 Å². The van der Waals surface area contributed by atoms with E-state index in [-0.39, 0.29) is 22.8 Å². The van der Waals surface area contributed by atoms with Gasteiger partial charge in [-0.05, 0) is 12.8 Å². The van der Waals surface area contributed by atoms with Gasteiger partial charge in [-0.3, -0.25) is 4.79 Å². The molecule has 2 aliphatic heterocycles. The summed E-state index contributed by atoms with van der Waals surface area (Å²) < 4.78 is 5.56. The van der Waals surface area contributed by atoms with E-state index in [0.717, 1.165) is 56.4 Å². The number of carbonyl (C=O) groups excluding carboxylic acids is 1. The molecule has 1 aromatic rings. The Kier molecular flexibility index (Phi) is 5.48. The van der Waals surface area contributed by atoms with Crippen molar-refractivity contribution >= 4 is 11.7 Å². The molecule has 2 fully saturated rings. The van der Waals surface area contributed by atoms with Gasteiger partial charge in [-0.1, -0.05) is 41.5 Å². The van der Waals surface area contributed by atoms with Crippen molar-refractivity contribution in [2.24, 2.45) is 0 Å². The van der Waals surface area contributed by atoms with Crippen LogP contribution in [0.1, 0.15) is 65.9 Å². The SMILES string of the molecule is CC(C)(C)c1cc(N2CCN(C(=O)C3CCCO3)CC2)nc(C(C)(C)C)n1. The minimum Gasteiger partial charge on any atom is -0.368 e. The summed E-state index contributed by atoms with van der Waals surface area (Å²) in [6, 6.07) is 2.12. The number of anilines is 1. The summed E-state index contributed by atoms with van der Waals surface area (Å²) in [6.07, 6.45) is 1.62. The fraction of sp³-hybridized carbons (Fsp3) is 0.762. The molecule has 1 aromatic heterocycles. The van der Waals surface area contributed by atoms with Crippen molar-refractivity contribution in [1.29, 1.82) is 0 Å². The Morgan fingerprint density at radius 3 is 2.22 bits per heavy atom.